The number of hydrogen-bond donors (Lipinski definition) is 1. The Hall–Kier alpha value is -2.90. The molecule has 6 rings (SSSR count). The zero-order chi connectivity index (χ0) is 15.8. The third kappa shape index (κ3) is 1.31. The average Bonchev–Trinajstić information content (AvgIpc) is 2.64. The van der Waals surface area contributed by atoms with Crippen molar-refractivity contribution in [1.82, 2.24) is 0 Å². The summed E-state index contributed by atoms with van der Waals surface area (Å²) in [5.74, 6) is 0. The van der Waals surface area contributed by atoms with E-state index < -0.39 is 0 Å². The van der Waals surface area contributed by atoms with Gasteiger partial charge in [-0.05, 0) is 65.5 Å². The number of benzene rings is 6. The summed E-state index contributed by atoms with van der Waals surface area (Å²) in [7, 11) is 0. The van der Waals surface area contributed by atoms with E-state index in [9.17, 15) is 5.11 Å². The molecule has 1 nitrogen and oxygen atoms in total. The molecule has 6 aromatic rings. The van der Waals surface area contributed by atoms with Gasteiger partial charge in [0.05, 0.1) is 6.61 Å². The third-order valence-electron chi connectivity index (χ3n) is 5.52. The first-order valence-corrected chi connectivity index (χ1v) is 8.31. The van der Waals surface area contributed by atoms with E-state index in [2.05, 4.69) is 66.7 Å². The predicted octanol–water partition coefficient (Wildman–Crippen LogP) is 5.82. The number of aliphatic hydroxyl groups is 1. The highest BCUT2D eigenvalue weighted by atomic mass is 16.3. The summed E-state index contributed by atoms with van der Waals surface area (Å²) in [5, 5.41) is 22.8. The lowest BCUT2D eigenvalue weighted by Crippen LogP contribution is -1.95. The molecule has 0 aliphatic carbocycles. The Morgan fingerprint density at radius 1 is 0.542 bits per heavy atom. The molecule has 0 saturated carbocycles. The van der Waals surface area contributed by atoms with E-state index in [0.717, 1.165) is 5.56 Å². The lowest BCUT2D eigenvalue weighted by molar-refractivity contribution is 0.285. The Balaban J connectivity index is 2.14. The lowest BCUT2D eigenvalue weighted by Gasteiger charge is -2.19. The minimum Gasteiger partial charge on any atom is -0.392 e. The second-order valence-corrected chi connectivity index (χ2v) is 6.65. The molecular weight excluding hydrogens is 292 g/mol. The van der Waals surface area contributed by atoms with Gasteiger partial charge in [-0.15, -0.1) is 0 Å². The molecule has 1 heteroatoms. The van der Waals surface area contributed by atoms with Gasteiger partial charge in [0.1, 0.15) is 0 Å². The molecule has 0 aliphatic rings. The van der Waals surface area contributed by atoms with Gasteiger partial charge in [0, 0.05) is 0 Å². The highest BCUT2D eigenvalue weighted by Crippen LogP contribution is 2.45. The summed E-state index contributed by atoms with van der Waals surface area (Å²) in [6.07, 6.45) is 0. The molecule has 1 N–H and O–H groups in total. The van der Waals surface area contributed by atoms with Crippen LogP contribution in [0.3, 0.4) is 0 Å². The van der Waals surface area contributed by atoms with Gasteiger partial charge in [0.25, 0.3) is 0 Å². The Kier molecular flexibility index (Phi) is 2.16. The van der Waals surface area contributed by atoms with Crippen molar-refractivity contribution in [2.24, 2.45) is 0 Å². The smallest absolute Gasteiger partial charge is 0.0693 e. The van der Waals surface area contributed by atoms with E-state index in [1.165, 1.54) is 53.9 Å². The molecule has 0 aliphatic heterocycles. The van der Waals surface area contributed by atoms with Crippen LogP contribution in [0.15, 0.2) is 66.7 Å². The fraction of sp³-hybridized carbons (Fsp3) is 0.0435. The Morgan fingerprint density at radius 2 is 1.17 bits per heavy atom. The predicted molar refractivity (Wildman–Crippen MR) is 102 cm³/mol. The van der Waals surface area contributed by atoms with Crippen molar-refractivity contribution >= 4 is 53.9 Å². The first-order chi connectivity index (χ1) is 11.9. The molecule has 0 saturated heterocycles. The van der Waals surface area contributed by atoms with Gasteiger partial charge in [0.2, 0.25) is 0 Å². The average molecular weight is 306 g/mol. The van der Waals surface area contributed by atoms with Crippen molar-refractivity contribution in [3.05, 3.63) is 72.3 Å². The van der Waals surface area contributed by atoms with E-state index in [4.69, 9.17) is 0 Å². The van der Waals surface area contributed by atoms with E-state index >= 15 is 0 Å². The molecule has 112 valence electrons. The standard InChI is InChI=1S/C23H14O/c24-12-19-17-6-2-4-14-7-8-16-11-15-5-1-3-13-9-10-18(19)23(20(13)15)22(16)21(14)17/h1-11,24H,12H2. The first kappa shape index (κ1) is 12.5. The van der Waals surface area contributed by atoms with Crippen LogP contribution >= 0.6 is 0 Å². The molecule has 0 heterocycles. The quantitative estimate of drug-likeness (QED) is 0.300. The monoisotopic (exact) mass is 306 g/mol. The first-order valence-electron chi connectivity index (χ1n) is 8.31. The van der Waals surface area contributed by atoms with Gasteiger partial charge in [-0.1, -0.05) is 60.7 Å². The maximum Gasteiger partial charge on any atom is 0.0693 e. The van der Waals surface area contributed by atoms with Crippen LogP contribution in [0.4, 0.5) is 0 Å². The van der Waals surface area contributed by atoms with Crippen LogP contribution in [-0.4, -0.2) is 5.11 Å². The maximum absolute atomic E-state index is 10.1. The van der Waals surface area contributed by atoms with Crippen LogP contribution in [0, 0.1) is 0 Å². The van der Waals surface area contributed by atoms with E-state index in [0.29, 0.717) is 0 Å². The Labute approximate surface area is 138 Å². The molecule has 6 aromatic carbocycles. The number of aliphatic hydroxyl groups excluding tert-OH is 1. The normalized spacial score (nSPS) is 12.5. The van der Waals surface area contributed by atoms with Crippen LogP contribution in [0.5, 0.6) is 0 Å². The van der Waals surface area contributed by atoms with Crippen molar-refractivity contribution < 1.29 is 5.11 Å². The van der Waals surface area contributed by atoms with Gasteiger partial charge in [-0.3, -0.25) is 0 Å². The summed E-state index contributed by atoms with van der Waals surface area (Å²) < 4.78 is 0. The minimum absolute atomic E-state index is 0.0627. The molecule has 0 bridgehead atoms. The Bertz CT molecular complexity index is 1380. The van der Waals surface area contributed by atoms with E-state index in [1.807, 2.05) is 0 Å². The largest absolute Gasteiger partial charge is 0.392 e. The van der Waals surface area contributed by atoms with Crippen LogP contribution < -0.4 is 0 Å². The Morgan fingerprint density at radius 3 is 2.04 bits per heavy atom. The summed E-state index contributed by atoms with van der Waals surface area (Å²) in [6.45, 7) is 0.0627. The zero-order valence-corrected chi connectivity index (χ0v) is 13.0. The van der Waals surface area contributed by atoms with Crippen LogP contribution in [0.25, 0.3) is 53.9 Å². The van der Waals surface area contributed by atoms with Gasteiger partial charge in [-0.25, -0.2) is 0 Å². The number of hydrogen-bond acceptors (Lipinski definition) is 1. The van der Waals surface area contributed by atoms with Gasteiger partial charge in [-0.2, -0.15) is 0 Å². The lowest BCUT2D eigenvalue weighted by atomic mass is 9.84. The fourth-order valence-electron chi connectivity index (χ4n) is 4.56. The van der Waals surface area contributed by atoms with Crippen LogP contribution in [0.2, 0.25) is 0 Å². The fourth-order valence-corrected chi connectivity index (χ4v) is 4.56. The molecular formula is C23H14O. The SMILES string of the molecule is OCc1c2cccc3ccc4cc5cccc6ccc1c(c65)c4c32. The van der Waals surface area contributed by atoms with Crippen molar-refractivity contribution in [3.63, 3.8) is 0 Å². The molecule has 0 radical (unpaired) electrons. The second-order valence-electron chi connectivity index (χ2n) is 6.65. The summed E-state index contributed by atoms with van der Waals surface area (Å²) in [5.41, 5.74) is 1.04. The van der Waals surface area contributed by atoms with Gasteiger partial charge < -0.3 is 5.11 Å². The van der Waals surface area contributed by atoms with E-state index in [1.54, 1.807) is 0 Å². The third-order valence-corrected chi connectivity index (χ3v) is 5.52. The van der Waals surface area contributed by atoms with Crippen molar-refractivity contribution in [2.75, 3.05) is 0 Å². The van der Waals surface area contributed by atoms with Crippen LogP contribution in [-0.2, 0) is 6.61 Å². The zero-order valence-electron chi connectivity index (χ0n) is 13.0. The molecule has 0 unspecified atom stereocenters. The highest BCUT2D eigenvalue weighted by molar-refractivity contribution is 6.37. The maximum atomic E-state index is 10.1. The molecule has 0 atom stereocenters. The van der Waals surface area contributed by atoms with Crippen molar-refractivity contribution in [2.45, 2.75) is 6.61 Å². The van der Waals surface area contributed by atoms with Crippen molar-refractivity contribution in [1.29, 1.82) is 0 Å². The van der Waals surface area contributed by atoms with Crippen LogP contribution in [0.1, 0.15) is 5.56 Å². The topological polar surface area (TPSA) is 20.2 Å². The van der Waals surface area contributed by atoms with Gasteiger partial charge >= 0.3 is 0 Å². The highest BCUT2D eigenvalue weighted by Gasteiger charge is 2.18. The molecule has 0 spiro atoms. The summed E-state index contributed by atoms with van der Waals surface area (Å²) >= 11 is 0. The number of rotatable bonds is 1. The molecule has 0 fully saturated rings. The minimum atomic E-state index is 0.0627. The molecule has 0 amide bonds. The molecule has 0 aromatic heterocycles. The summed E-state index contributed by atoms with van der Waals surface area (Å²) in [4.78, 5) is 0. The summed E-state index contributed by atoms with van der Waals surface area (Å²) in [6, 6.07) is 24.0. The van der Waals surface area contributed by atoms with E-state index in [-0.39, 0.29) is 6.61 Å². The van der Waals surface area contributed by atoms with Crippen molar-refractivity contribution in [3.8, 4) is 0 Å². The molecule has 24 heavy (non-hydrogen) atoms. The van der Waals surface area contributed by atoms with Gasteiger partial charge in [0.15, 0.2) is 0 Å². The second kappa shape index (κ2) is 4.14.